The van der Waals surface area contributed by atoms with Crippen LogP contribution in [0, 0.1) is 5.92 Å². The van der Waals surface area contributed by atoms with Gasteiger partial charge >= 0.3 is 0 Å². The Balaban J connectivity index is 1.69. The van der Waals surface area contributed by atoms with E-state index in [1.54, 1.807) is 11.3 Å². The lowest BCUT2D eigenvalue weighted by Gasteiger charge is -2.28. The third-order valence-electron chi connectivity index (χ3n) is 3.62. The summed E-state index contributed by atoms with van der Waals surface area (Å²) < 4.78 is 11.4. The molecule has 1 aromatic heterocycles. The molecule has 0 saturated carbocycles. The number of hydrogen-bond acceptors (Lipinski definition) is 4. The molecule has 0 spiro atoms. The van der Waals surface area contributed by atoms with Crippen molar-refractivity contribution in [2.45, 2.75) is 26.0 Å². The Morgan fingerprint density at radius 3 is 2.68 bits per heavy atom. The summed E-state index contributed by atoms with van der Waals surface area (Å²) in [5.74, 6) is 1.47. The predicted molar refractivity (Wildman–Crippen MR) is 86.4 cm³/mol. The third kappa shape index (κ3) is 3.09. The van der Waals surface area contributed by atoms with E-state index in [-0.39, 0.29) is 18.6 Å². The fourth-order valence-electron chi connectivity index (χ4n) is 2.43. The van der Waals surface area contributed by atoms with Gasteiger partial charge in [0.1, 0.15) is 6.61 Å². The van der Waals surface area contributed by atoms with Crippen LogP contribution in [0.5, 0.6) is 11.5 Å². The number of benzene rings is 1. The first-order valence-corrected chi connectivity index (χ1v) is 8.25. The molecule has 1 amide bonds. The van der Waals surface area contributed by atoms with Crippen LogP contribution in [0.4, 0.5) is 0 Å². The van der Waals surface area contributed by atoms with Gasteiger partial charge in [-0.15, -0.1) is 11.3 Å². The van der Waals surface area contributed by atoms with E-state index in [1.165, 1.54) is 0 Å². The molecule has 0 saturated heterocycles. The molecule has 4 nitrogen and oxygen atoms in total. The normalized spacial score (nSPS) is 18.0. The van der Waals surface area contributed by atoms with Gasteiger partial charge in [0.25, 0.3) is 5.91 Å². The molecular formula is C17H19NO3S. The number of para-hydroxylation sites is 2. The van der Waals surface area contributed by atoms with Crippen molar-refractivity contribution in [3.63, 3.8) is 0 Å². The van der Waals surface area contributed by atoms with Gasteiger partial charge in [0.05, 0.1) is 6.04 Å². The molecule has 5 heteroatoms. The van der Waals surface area contributed by atoms with Crippen molar-refractivity contribution in [3.8, 4) is 11.5 Å². The summed E-state index contributed by atoms with van der Waals surface area (Å²) in [6.45, 7) is 4.43. The van der Waals surface area contributed by atoms with Crippen LogP contribution in [0.1, 0.15) is 24.8 Å². The van der Waals surface area contributed by atoms with E-state index in [0.717, 1.165) is 4.88 Å². The van der Waals surface area contributed by atoms with Crippen molar-refractivity contribution in [2.75, 3.05) is 6.61 Å². The Morgan fingerprint density at radius 2 is 2.00 bits per heavy atom. The fourth-order valence-corrected chi connectivity index (χ4v) is 3.38. The Morgan fingerprint density at radius 1 is 1.23 bits per heavy atom. The highest BCUT2D eigenvalue weighted by Crippen LogP contribution is 2.31. The van der Waals surface area contributed by atoms with Crippen molar-refractivity contribution in [2.24, 2.45) is 5.92 Å². The second-order valence-electron chi connectivity index (χ2n) is 5.61. The monoisotopic (exact) mass is 317 g/mol. The molecule has 1 aliphatic heterocycles. The van der Waals surface area contributed by atoms with Crippen LogP contribution in [0.3, 0.4) is 0 Å². The number of carbonyl (C=O) groups excluding carboxylic acids is 1. The van der Waals surface area contributed by atoms with Gasteiger partial charge in [0.15, 0.2) is 11.5 Å². The maximum atomic E-state index is 12.5. The van der Waals surface area contributed by atoms with Crippen molar-refractivity contribution in [1.29, 1.82) is 0 Å². The number of thiophene rings is 1. The zero-order chi connectivity index (χ0) is 15.5. The minimum atomic E-state index is -0.615. The lowest BCUT2D eigenvalue weighted by molar-refractivity contribution is -0.131. The summed E-state index contributed by atoms with van der Waals surface area (Å²) in [4.78, 5) is 13.7. The number of fused-ring (bicyclic) bond motifs is 1. The summed E-state index contributed by atoms with van der Waals surface area (Å²) in [5, 5.41) is 5.11. The zero-order valence-electron chi connectivity index (χ0n) is 12.6. The number of carbonyl (C=O) groups is 1. The third-order valence-corrected chi connectivity index (χ3v) is 4.57. The van der Waals surface area contributed by atoms with Gasteiger partial charge in [-0.3, -0.25) is 4.79 Å². The summed E-state index contributed by atoms with van der Waals surface area (Å²) in [6.07, 6.45) is -0.615. The predicted octanol–water partition coefficient (Wildman–Crippen LogP) is 3.40. The molecule has 1 aliphatic rings. The lowest BCUT2D eigenvalue weighted by Crippen LogP contribution is -2.46. The van der Waals surface area contributed by atoms with Crippen LogP contribution in [0.2, 0.25) is 0 Å². The van der Waals surface area contributed by atoms with E-state index in [9.17, 15) is 4.79 Å². The number of rotatable bonds is 4. The number of ether oxygens (including phenoxy) is 2. The van der Waals surface area contributed by atoms with E-state index in [1.807, 2.05) is 41.8 Å². The van der Waals surface area contributed by atoms with Crippen LogP contribution in [0.15, 0.2) is 41.8 Å². The largest absolute Gasteiger partial charge is 0.485 e. The summed E-state index contributed by atoms with van der Waals surface area (Å²) in [6, 6.07) is 11.4. The van der Waals surface area contributed by atoms with Crippen LogP contribution < -0.4 is 14.8 Å². The highest BCUT2D eigenvalue weighted by atomic mass is 32.1. The van der Waals surface area contributed by atoms with Crippen molar-refractivity contribution in [3.05, 3.63) is 46.7 Å². The van der Waals surface area contributed by atoms with E-state index < -0.39 is 6.10 Å². The molecule has 1 N–H and O–H groups in total. The maximum absolute atomic E-state index is 12.5. The molecule has 0 unspecified atom stereocenters. The van der Waals surface area contributed by atoms with E-state index in [2.05, 4.69) is 19.2 Å². The molecule has 0 aliphatic carbocycles. The molecule has 2 heterocycles. The van der Waals surface area contributed by atoms with Gasteiger partial charge in [0, 0.05) is 4.88 Å². The molecule has 0 radical (unpaired) electrons. The minimum Gasteiger partial charge on any atom is -0.485 e. The molecule has 3 rings (SSSR count). The van der Waals surface area contributed by atoms with Gasteiger partial charge in [-0.2, -0.15) is 0 Å². The first-order valence-electron chi connectivity index (χ1n) is 7.37. The maximum Gasteiger partial charge on any atom is 0.265 e. The van der Waals surface area contributed by atoms with Gasteiger partial charge in [-0.25, -0.2) is 0 Å². The number of hydrogen-bond donors (Lipinski definition) is 1. The molecule has 22 heavy (non-hydrogen) atoms. The minimum absolute atomic E-state index is 0.00623. The Bertz CT molecular complexity index is 639. The Hall–Kier alpha value is -2.01. The second-order valence-corrected chi connectivity index (χ2v) is 6.59. The highest BCUT2D eigenvalue weighted by molar-refractivity contribution is 7.10. The summed E-state index contributed by atoms with van der Waals surface area (Å²) in [5.41, 5.74) is 0. The Kier molecular flexibility index (Phi) is 4.34. The van der Waals surface area contributed by atoms with Gasteiger partial charge in [-0.05, 0) is 29.5 Å². The van der Waals surface area contributed by atoms with E-state index in [0.29, 0.717) is 17.4 Å². The molecule has 2 atom stereocenters. The topological polar surface area (TPSA) is 47.6 Å². The first kappa shape index (κ1) is 14.9. The molecule has 116 valence electrons. The summed E-state index contributed by atoms with van der Waals surface area (Å²) >= 11 is 1.65. The molecule has 2 aromatic rings. The van der Waals surface area contributed by atoms with Crippen LogP contribution in [0.25, 0.3) is 0 Å². The smallest absolute Gasteiger partial charge is 0.265 e. The molecule has 0 bridgehead atoms. The van der Waals surface area contributed by atoms with Crippen LogP contribution >= 0.6 is 11.3 Å². The zero-order valence-corrected chi connectivity index (χ0v) is 13.4. The lowest BCUT2D eigenvalue weighted by atomic mass is 10.0. The molecule has 0 fully saturated rings. The quantitative estimate of drug-likeness (QED) is 0.940. The molecular weight excluding hydrogens is 298 g/mol. The fraction of sp³-hybridized carbons (Fsp3) is 0.353. The van der Waals surface area contributed by atoms with Crippen LogP contribution in [-0.2, 0) is 4.79 Å². The van der Waals surface area contributed by atoms with Crippen molar-refractivity contribution in [1.82, 2.24) is 5.32 Å². The first-order chi connectivity index (χ1) is 10.6. The standard InChI is InChI=1S/C17H19NO3S/c1-11(2)16(15-8-5-9-22-15)18-17(19)14-10-20-12-6-3-4-7-13(12)21-14/h3-9,11,14,16H,10H2,1-2H3,(H,18,19)/t14-,16+/m0/s1. The summed E-state index contributed by atoms with van der Waals surface area (Å²) in [7, 11) is 0. The molecule has 1 aromatic carbocycles. The highest BCUT2D eigenvalue weighted by Gasteiger charge is 2.30. The SMILES string of the molecule is CC(C)[C@@H](NC(=O)[C@@H]1COc2ccccc2O1)c1cccs1. The van der Waals surface area contributed by atoms with Gasteiger partial charge < -0.3 is 14.8 Å². The van der Waals surface area contributed by atoms with Crippen LogP contribution in [-0.4, -0.2) is 18.6 Å². The van der Waals surface area contributed by atoms with Gasteiger partial charge in [-0.1, -0.05) is 32.0 Å². The average Bonchev–Trinajstić information content (AvgIpc) is 3.05. The number of amides is 1. The second kappa shape index (κ2) is 6.40. The Labute approximate surface area is 134 Å². The van der Waals surface area contributed by atoms with Crippen molar-refractivity contribution >= 4 is 17.2 Å². The average molecular weight is 317 g/mol. The van der Waals surface area contributed by atoms with E-state index >= 15 is 0 Å². The van der Waals surface area contributed by atoms with Crippen molar-refractivity contribution < 1.29 is 14.3 Å². The van der Waals surface area contributed by atoms with Gasteiger partial charge in [0.2, 0.25) is 6.10 Å². The van der Waals surface area contributed by atoms with E-state index in [4.69, 9.17) is 9.47 Å². The number of nitrogens with one attached hydrogen (secondary N) is 1.